The van der Waals surface area contributed by atoms with Crippen LogP contribution < -0.4 is 4.74 Å². The fourth-order valence-electron chi connectivity index (χ4n) is 0.936. The zero-order valence-electron chi connectivity index (χ0n) is 7.14. The summed E-state index contributed by atoms with van der Waals surface area (Å²) in [6, 6.07) is 1.33. The van der Waals surface area contributed by atoms with E-state index in [1.165, 1.54) is 13.2 Å². The van der Waals surface area contributed by atoms with E-state index in [4.69, 9.17) is 4.74 Å². The minimum absolute atomic E-state index is 0.0720. The molecule has 0 atom stereocenters. The number of hydrogen-bond acceptors (Lipinski definition) is 2. The van der Waals surface area contributed by atoms with E-state index in [9.17, 15) is 8.78 Å². The molecule has 0 amide bonds. The van der Waals surface area contributed by atoms with E-state index in [1.54, 1.807) is 6.92 Å². The summed E-state index contributed by atoms with van der Waals surface area (Å²) in [6.07, 6.45) is -2.50. The molecule has 1 aromatic rings. The maximum Gasteiger partial charge on any atom is 0.265 e. The van der Waals surface area contributed by atoms with Crippen LogP contribution in [-0.2, 0) is 0 Å². The lowest BCUT2D eigenvalue weighted by molar-refractivity contribution is 0.149. The van der Waals surface area contributed by atoms with Crippen LogP contribution in [0.25, 0.3) is 0 Å². The van der Waals surface area contributed by atoms with Crippen molar-refractivity contribution < 1.29 is 13.5 Å². The van der Waals surface area contributed by atoms with Gasteiger partial charge in [-0.3, -0.25) is 0 Å². The third-order valence-corrected chi connectivity index (χ3v) is 2.40. The predicted octanol–water partition coefficient (Wildman–Crippen LogP) is 2.94. The van der Waals surface area contributed by atoms with Gasteiger partial charge in [-0.15, -0.1) is 0 Å². The lowest BCUT2D eigenvalue weighted by Crippen LogP contribution is -1.98. The summed E-state index contributed by atoms with van der Waals surface area (Å²) in [5.74, 6) is 0.390. The lowest BCUT2D eigenvalue weighted by Gasteiger charge is -2.08. The number of nitrogens with zero attached hydrogens (tertiary/aromatic N) is 1. The summed E-state index contributed by atoms with van der Waals surface area (Å²) in [5, 5.41) is 0. The molecule has 1 heterocycles. The summed E-state index contributed by atoms with van der Waals surface area (Å²) in [6.45, 7) is 1.56. The van der Waals surface area contributed by atoms with Crippen molar-refractivity contribution >= 4 is 22.6 Å². The normalized spacial score (nSPS) is 10.6. The number of pyridine rings is 1. The Bertz CT molecular complexity index is 317. The van der Waals surface area contributed by atoms with Crippen LogP contribution in [0, 0.1) is 10.6 Å². The molecular formula is C8H8F2INO. The van der Waals surface area contributed by atoms with Gasteiger partial charge in [-0.05, 0) is 35.6 Å². The molecule has 0 radical (unpaired) electrons. The molecule has 2 nitrogen and oxygen atoms in total. The molecule has 0 N–H and O–H groups in total. The molecule has 13 heavy (non-hydrogen) atoms. The lowest BCUT2D eigenvalue weighted by atomic mass is 10.2. The van der Waals surface area contributed by atoms with Crippen LogP contribution in [0.5, 0.6) is 5.75 Å². The van der Waals surface area contributed by atoms with Crippen molar-refractivity contribution in [3.05, 3.63) is 21.0 Å². The Labute approximate surface area is 88.5 Å². The fraction of sp³-hybridized carbons (Fsp3) is 0.375. The topological polar surface area (TPSA) is 22.1 Å². The SMILES string of the molecule is COc1cc(C(F)F)c(C)nc1I. The number of halogens is 3. The van der Waals surface area contributed by atoms with E-state index in [2.05, 4.69) is 4.98 Å². The van der Waals surface area contributed by atoms with E-state index in [0.29, 0.717) is 15.1 Å². The van der Waals surface area contributed by atoms with Gasteiger partial charge in [0.25, 0.3) is 6.43 Å². The molecule has 0 aliphatic carbocycles. The van der Waals surface area contributed by atoms with Crippen molar-refractivity contribution in [2.24, 2.45) is 0 Å². The average molecular weight is 299 g/mol. The molecule has 0 aromatic carbocycles. The molecule has 0 saturated carbocycles. The molecule has 0 fully saturated rings. The second-order valence-corrected chi connectivity index (χ2v) is 3.48. The van der Waals surface area contributed by atoms with Gasteiger partial charge in [0.05, 0.1) is 7.11 Å². The molecule has 0 bridgehead atoms. The van der Waals surface area contributed by atoms with Crippen molar-refractivity contribution in [2.45, 2.75) is 13.3 Å². The summed E-state index contributed by atoms with van der Waals surface area (Å²) >= 11 is 1.95. The van der Waals surface area contributed by atoms with Gasteiger partial charge < -0.3 is 4.74 Å². The van der Waals surface area contributed by atoms with E-state index in [-0.39, 0.29) is 5.56 Å². The predicted molar refractivity (Wildman–Crippen MR) is 53.2 cm³/mol. The number of alkyl halides is 2. The summed E-state index contributed by atoms with van der Waals surface area (Å²) < 4.78 is 30.2. The van der Waals surface area contributed by atoms with Crippen LogP contribution in [0.3, 0.4) is 0 Å². The highest BCUT2D eigenvalue weighted by Gasteiger charge is 2.14. The van der Waals surface area contributed by atoms with Crippen LogP contribution in [0.15, 0.2) is 6.07 Å². The first-order valence-corrected chi connectivity index (χ1v) is 4.63. The van der Waals surface area contributed by atoms with Crippen LogP contribution in [-0.4, -0.2) is 12.1 Å². The van der Waals surface area contributed by atoms with E-state index in [0.717, 1.165) is 0 Å². The van der Waals surface area contributed by atoms with E-state index in [1.807, 2.05) is 22.6 Å². The number of methoxy groups -OCH3 is 1. The highest BCUT2D eigenvalue weighted by atomic mass is 127. The van der Waals surface area contributed by atoms with Crippen LogP contribution in [0.2, 0.25) is 0 Å². The molecule has 0 spiro atoms. The molecule has 0 saturated heterocycles. The molecule has 0 aliphatic heterocycles. The molecule has 1 rings (SSSR count). The zero-order valence-corrected chi connectivity index (χ0v) is 9.30. The highest BCUT2D eigenvalue weighted by Crippen LogP contribution is 2.28. The Morgan fingerprint density at radius 1 is 1.54 bits per heavy atom. The minimum atomic E-state index is -2.50. The quantitative estimate of drug-likeness (QED) is 0.619. The third kappa shape index (κ3) is 2.26. The summed E-state index contributed by atoms with van der Waals surface area (Å²) in [5.41, 5.74) is 0.275. The Kier molecular flexibility index (Phi) is 3.40. The van der Waals surface area contributed by atoms with Gasteiger partial charge in [-0.1, -0.05) is 0 Å². The molecular weight excluding hydrogens is 291 g/mol. The second kappa shape index (κ2) is 4.17. The van der Waals surface area contributed by atoms with Gasteiger partial charge in [0.2, 0.25) is 0 Å². The van der Waals surface area contributed by atoms with Crippen molar-refractivity contribution in [2.75, 3.05) is 7.11 Å². The van der Waals surface area contributed by atoms with Crippen LogP contribution in [0.1, 0.15) is 17.7 Å². The Morgan fingerprint density at radius 2 is 2.15 bits per heavy atom. The highest BCUT2D eigenvalue weighted by molar-refractivity contribution is 14.1. The first-order valence-electron chi connectivity index (χ1n) is 3.55. The molecule has 5 heteroatoms. The van der Waals surface area contributed by atoms with Gasteiger partial charge in [0.1, 0.15) is 3.70 Å². The monoisotopic (exact) mass is 299 g/mol. The van der Waals surface area contributed by atoms with Crippen molar-refractivity contribution in [3.63, 3.8) is 0 Å². The zero-order chi connectivity index (χ0) is 10.0. The second-order valence-electron chi connectivity index (χ2n) is 2.46. The van der Waals surface area contributed by atoms with Gasteiger partial charge in [-0.25, -0.2) is 13.8 Å². The number of aromatic nitrogens is 1. The largest absolute Gasteiger partial charge is 0.494 e. The number of rotatable bonds is 2. The number of aryl methyl sites for hydroxylation is 1. The van der Waals surface area contributed by atoms with Gasteiger partial charge in [0.15, 0.2) is 5.75 Å². The third-order valence-electron chi connectivity index (χ3n) is 1.63. The maximum absolute atomic E-state index is 12.4. The summed E-state index contributed by atoms with van der Waals surface area (Å²) in [7, 11) is 1.43. The average Bonchev–Trinajstić information content (AvgIpc) is 2.03. The van der Waals surface area contributed by atoms with Gasteiger partial charge in [0, 0.05) is 11.3 Å². The summed E-state index contributed by atoms with van der Waals surface area (Å²) in [4.78, 5) is 3.95. The Hall–Kier alpha value is -0.460. The molecule has 0 aliphatic rings. The Morgan fingerprint density at radius 3 is 2.62 bits per heavy atom. The number of ether oxygens (including phenoxy) is 1. The number of hydrogen-bond donors (Lipinski definition) is 0. The van der Waals surface area contributed by atoms with Crippen molar-refractivity contribution in [1.82, 2.24) is 4.98 Å². The minimum Gasteiger partial charge on any atom is -0.494 e. The van der Waals surface area contributed by atoms with E-state index < -0.39 is 6.43 Å². The van der Waals surface area contributed by atoms with Crippen molar-refractivity contribution in [3.8, 4) is 5.75 Å². The molecule has 1 aromatic heterocycles. The van der Waals surface area contributed by atoms with Crippen molar-refractivity contribution in [1.29, 1.82) is 0 Å². The standard InChI is InChI=1S/C8H8F2INO/c1-4-5(7(9)10)3-6(13-2)8(11)12-4/h3,7H,1-2H3. The molecule has 0 unspecified atom stereocenters. The fourth-order valence-corrected chi connectivity index (χ4v) is 1.67. The molecule has 72 valence electrons. The first kappa shape index (κ1) is 10.6. The van der Waals surface area contributed by atoms with E-state index >= 15 is 0 Å². The smallest absolute Gasteiger partial charge is 0.265 e. The van der Waals surface area contributed by atoms with Gasteiger partial charge >= 0.3 is 0 Å². The maximum atomic E-state index is 12.4. The van der Waals surface area contributed by atoms with Gasteiger partial charge in [-0.2, -0.15) is 0 Å². The van der Waals surface area contributed by atoms with Crippen LogP contribution in [0.4, 0.5) is 8.78 Å². The first-order chi connectivity index (χ1) is 6.06. The van der Waals surface area contributed by atoms with Crippen LogP contribution >= 0.6 is 22.6 Å². The Balaban J connectivity index is 3.22.